The van der Waals surface area contributed by atoms with E-state index in [0.717, 1.165) is 24.7 Å². The molecular formula is C21H21ClN4O2. The van der Waals surface area contributed by atoms with E-state index in [9.17, 15) is 9.59 Å². The first-order valence-corrected chi connectivity index (χ1v) is 9.63. The molecule has 4 rings (SSSR count). The predicted molar refractivity (Wildman–Crippen MR) is 110 cm³/mol. The van der Waals surface area contributed by atoms with Crippen molar-refractivity contribution in [1.82, 2.24) is 19.6 Å². The van der Waals surface area contributed by atoms with E-state index in [-0.39, 0.29) is 11.5 Å². The van der Waals surface area contributed by atoms with Crippen molar-refractivity contribution in [3.63, 3.8) is 0 Å². The fraction of sp³-hybridized carbons (Fsp3) is 0.286. The van der Waals surface area contributed by atoms with Gasteiger partial charge >= 0.3 is 0 Å². The normalized spacial score (nSPS) is 15.1. The lowest BCUT2D eigenvalue weighted by Crippen LogP contribution is -2.48. The van der Waals surface area contributed by atoms with Gasteiger partial charge in [0.1, 0.15) is 0 Å². The van der Waals surface area contributed by atoms with Crippen LogP contribution in [0.25, 0.3) is 10.8 Å². The molecule has 0 bridgehead atoms. The Hall–Kier alpha value is -2.70. The summed E-state index contributed by atoms with van der Waals surface area (Å²) in [5, 5.41) is 6.12. The molecule has 2 aromatic carbocycles. The number of rotatable bonds is 3. The summed E-state index contributed by atoms with van der Waals surface area (Å²) in [5.74, 6) is -0.127. The van der Waals surface area contributed by atoms with E-state index < -0.39 is 0 Å². The maximum absolute atomic E-state index is 13.1. The molecule has 0 unspecified atom stereocenters. The summed E-state index contributed by atoms with van der Waals surface area (Å²) in [4.78, 5) is 29.5. The van der Waals surface area contributed by atoms with Crippen LogP contribution in [0.5, 0.6) is 0 Å². The lowest BCUT2D eigenvalue weighted by atomic mass is 10.1. The van der Waals surface area contributed by atoms with Gasteiger partial charge in [0.05, 0.1) is 5.39 Å². The number of hydrogen-bond acceptors (Lipinski definition) is 4. The quantitative estimate of drug-likeness (QED) is 0.682. The molecule has 1 fully saturated rings. The first-order valence-electron chi connectivity index (χ1n) is 9.25. The molecule has 7 heteroatoms. The summed E-state index contributed by atoms with van der Waals surface area (Å²) in [6, 6.07) is 15.0. The van der Waals surface area contributed by atoms with Crippen molar-refractivity contribution < 1.29 is 4.79 Å². The number of carbonyl (C=O) groups is 1. The molecule has 1 saturated heterocycles. The lowest BCUT2D eigenvalue weighted by Gasteiger charge is -2.34. The zero-order valence-electron chi connectivity index (χ0n) is 15.6. The minimum absolute atomic E-state index is 0.127. The average molecular weight is 397 g/mol. The van der Waals surface area contributed by atoms with Gasteiger partial charge in [-0.2, -0.15) is 5.10 Å². The Kier molecular flexibility index (Phi) is 5.15. The molecule has 0 spiro atoms. The second kappa shape index (κ2) is 7.73. The Bertz CT molecular complexity index is 1070. The summed E-state index contributed by atoms with van der Waals surface area (Å²) in [6.07, 6.45) is 0. The van der Waals surface area contributed by atoms with Crippen LogP contribution in [-0.2, 0) is 13.6 Å². The Morgan fingerprint density at radius 1 is 1.00 bits per heavy atom. The van der Waals surface area contributed by atoms with Crippen LogP contribution in [0.3, 0.4) is 0 Å². The monoisotopic (exact) mass is 396 g/mol. The number of nitrogens with zero attached hydrogens (tertiary/aromatic N) is 4. The van der Waals surface area contributed by atoms with Crippen molar-refractivity contribution in [3.05, 3.63) is 75.2 Å². The van der Waals surface area contributed by atoms with E-state index in [0.29, 0.717) is 29.6 Å². The van der Waals surface area contributed by atoms with Crippen LogP contribution in [-0.4, -0.2) is 51.7 Å². The molecule has 1 amide bonds. The van der Waals surface area contributed by atoms with Gasteiger partial charge in [0.2, 0.25) is 0 Å². The molecule has 3 aromatic rings. The number of fused-ring (bicyclic) bond motifs is 1. The summed E-state index contributed by atoms with van der Waals surface area (Å²) in [5.41, 5.74) is 1.35. The van der Waals surface area contributed by atoms with Crippen molar-refractivity contribution in [2.24, 2.45) is 7.05 Å². The third-order valence-corrected chi connectivity index (χ3v) is 5.39. The van der Waals surface area contributed by atoms with Crippen LogP contribution in [0.4, 0.5) is 0 Å². The average Bonchev–Trinajstić information content (AvgIpc) is 2.72. The largest absolute Gasteiger partial charge is 0.335 e. The summed E-state index contributed by atoms with van der Waals surface area (Å²) < 4.78 is 1.24. The van der Waals surface area contributed by atoms with Crippen LogP contribution in [0, 0.1) is 0 Å². The van der Waals surface area contributed by atoms with Gasteiger partial charge in [0, 0.05) is 50.2 Å². The van der Waals surface area contributed by atoms with E-state index in [4.69, 9.17) is 11.6 Å². The van der Waals surface area contributed by atoms with Gasteiger partial charge in [-0.15, -0.1) is 0 Å². The highest BCUT2D eigenvalue weighted by Crippen LogP contribution is 2.17. The Labute approximate surface area is 167 Å². The molecule has 6 nitrogen and oxygen atoms in total. The molecule has 0 saturated carbocycles. The molecule has 2 heterocycles. The van der Waals surface area contributed by atoms with Gasteiger partial charge in [0.25, 0.3) is 11.5 Å². The highest BCUT2D eigenvalue weighted by atomic mass is 35.5. The second-order valence-electron chi connectivity index (χ2n) is 7.02. The van der Waals surface area contributed by atoms with Crippen molar-refractivity contribution in [2.75, 3.05) is 26.2 Å². The fourth-order valence-electron chi connectivity index (χ4n) is 3.56. The van der Waals surface area contributed by atoms with E-state index in [1.807, 2.05) is 35.2 Å². The molecule has 1 aromatic heterocycles. The topological polar surface area (TPSA) is 58.4 Å². The number of amides is 1. The Balaban J connectivity index is 1.49. The van der Waals surface area contributed by atoms with Gasteiger partial charge in [0.15, 0.2) is 5.69 Å². The summed E-state index contributed by atoms with van der Waals surface area (Å²) in [6.45, 7) is 3.67. The predicted octanol–water partition coefficient (Wildman–Crippen LogP) is 2.54. The molecule has 0 aliphatic carbocycles. The lowest BCUT2D eigenvalue weighted by molar-refractivity contribution is 0.0622. The maximum Gasteiger partial charge on any atom is 0.275 e. The van der Waals surface area contributed by atoms with E-state index in [1.165, 1.54) is 10.2 Å². The van der Waals surface area contributed by atoms with Crippen molar-refractivity contribution in [2.45, 2.75) is 6.54 Å². The van der Waals surface area contributed by atoms with E-state index in [1.54, 1.807) is 25.2 Å². The smallest absolute Gasteiger partial charge is 0.275 e. The number of halogens is 1. The molecule has 0 N–H and O–H groups in total. The Morgan fingerprint density at radius 3 is 2.32 bits per heavy atom. The molecule has 1 aliphatic heterocycles. The SMILES string of the molecule is Cn1nc(C(=O)N2CCN(Cc3ccc(Cl)cc3)CC2)c2ccccc2c1=O. The third kappa shape index (κ3) is 3.66. The van der Waals surface area contributed by atoms with Crippen LogP contribution in [0.2, 0.25) is 5.02 Å². The molecule has 0 atom stereocenters. The van der Waals surface area contributed by atoms with E-state index in [2.05, 4.69) is 10.00 Å². The fourth-order valence-corrected chi connectivity index (χ4v) is 3.69. The van der Waals surface area contributed by atoms with Gasteiger partial charge in [-0.1, -0.05) is 41.9 Å². The second-order valence-corrected chi connectivity index (χ2v) is 7.45. The highest BCUT2D eigenvalue weighted by molar-refractivity contribution is 6.30. The zero-order chi connectivity index (χ0) is 19.7. The zero-order valence-corrected chi connectivity index (χ0v) is 16.4. The number of aromatic nitrogens is 2. The number of benzene rings is 2. The van der Waals surface area contributed by atoms with Gasteiger partial charge < -0.3 is 4.90 Å². The first-order chi connectivity index (χ1) is 13.5. The van der Waals surface area contributed by atoms with Crippen molar-refractivity contribution in [1.29, 1.82) is 0 Å². The number of hydrogen-bond donors (Lipinski definition) is 0. The van der Waals surface area contributed by atoms with Gasteiger partial charge in [-0.05, 0) is 23.8 Å². The molecule has 144 valence electrons. The number of piperazine rings is 1. The van der Waals surface area contributed by atoms with Crippen LogP contribution >= 0.6 is 11.6 Å². The first kappa shape index (κ1) is 18.7. The standard InChI is InChI=1S/C21H21ClN4O2/c1-24-20(27)18-5-3-2-4-17(18)19(23-24)21(28)26-12-10-25(11-13-26)14-15-6-8-16(22)9-7-15/h2-9H,10-14H2,1H3. The maximum atomic E-state index is 13.1. The molecular weight excluding hydrogens is 376 g/mol. The summed E-state index contributed by atoms with van der Waals surface area (Å²) in [7, 11) is 1.58. The minimum Gasteiger partial charge on any atom is -0.335 e. The van der Waals surface area contributed by atoms with Crippen molar-refractivity contribution >= 4 is 28.3 Å². The number of aryl methyl sites for hydroxylation is 1. The van der Waals surface area contributed by atoms with Crippen LogP contribution in [0.15, 0.2) is 53.3 Å². The number of carbonyl (C=O) groups excluding carboxylic acids is 1. The highest BCUT2D eigenvalue weighted by Gasteiger charge is 2.25. The van der Waals surface area contributed by atoms with Crippen LogP contribution in [0.1, 0.15) is 16.1 Å². The minimum atomic E-state index is -0.195. The molecule has 1 aliphatic rings. The summed E-state index contributed by atoms with van der Waals surface area (Å²) >= 11 is 5.94. The van der Waals surface area contributed by atoms with Crippen molar-refractivity contribution in [3.8, 4) is 0 Å². The van der Waals surface area contributed by atoms with Gasteiger partial charge in [-0.25, -0.2) is 4.68 Å². The third-order valence-electron chi connectivity index (χ3n) is 5.14. The Morgan fingerprint density at radius 2 is 1.64 bits per heavy atom. The van der Waals surface area contributed by atoms with Crippen LogP contribution < -0.4 is 5.56 Å². The molecule has 0 radical (unpaired) electrons. The van der Waals surface area contributed by atoms with Gasteiger partial charge in [-0.3, -0.25) is 14.5 Å². The van der Waals surface area contributed by atoms with E-state index >= 15 is 0 Å². The molecule has 28 heavy (non-hydrogen) atoms.